The molecule has 0 aromatic heterocycles. The Morgan fingerprint density at radius 3 is 2.58 bits per heavy atom. The molecular weight excluding hydrogens is 461 g/mol. The van der Waals surface area contributed by atoms with Gasteiger partial charge in [-0.3, -0.25) is 14.5 Å². The van der Waals surface area contributed by atoms with Crippen molar-refractivity contribution in [3.8, 4) is 0 Å². The first kappa shape index (κ1) is 18.9. The summed E-state index contributed by atoms with van der Waals surface area (Å²) in [5.74, 6) is -0.259. The maximum absolute atomic E-state index is 12.6. The number of rotatable bonds is 4. The second-order valence-electron chi connectivity index (χ2n) is 5.67. The van der Waals surface area contributed by atoms with Crippen LogP contribution in [0.3, 0.4) is 0 Å². The molecular formula is C19H18IN3O2S. The van der Waals surface area contributed by atoms with E-state index in [0.717, 1.165) is 14.9 Å². The first-order valence-corrected chi connectivity index (χ1v) is 10.2. The lowest BCUT2D eigenvalue weighted by atomic mass is 10.2. The van der Waals surface area contributed by atoms with Gasteiger partial charge in [0.25, 0.3) is 0 Å². The highest BCUT2D eigenvalue weighted by Gasteiger charge is 2.35. The number of aliphatic imine (C=N–C) groups is 1. The highest BCUT2D eigenvalue weighted by molar-refractivity contribution is 14.1. The molecule has 2 aromatic carbocycles. The summed E-state index contributed by atoms with van der Waals surface area (Å²) in [5, 5.41) is 2.96. The third kappa shape index (κ3) is 4.64. The average Bonchev–Trinajstić information content (AvgIpc) is 2.64. The lowest BCUT2D eigenvalue weighted by Crippen LogP contribution is -2.45. The van der Waals surface area contributed by atoms with Gasteiger partial charge >= 0.3 is 0 Å². The van der Waals surface area contributed by atoms with Gasteiger partial charge in [0.1, 0.15) is 5.25 Å². The first-order chi connectivity index (χ1) is 12.6. The molecule has 5 nitrogen and oxygen atoms in total. The van der Waals surface area contributed by atoms with Crippen LogP contribution in [-0.4, -0.2) is 33.7 Å². The van der Waals surface area contributed by atoms with Crippen LogP contribution in [0.5, 0.6) is 0 Å². The van der Waals surface area contributed by atoms with Crippen LogP contribution in [0.4, 0.5) is 11.4 Å². The van der Waals surface area contributed by atoms with E-state index in [1.165, 1.54) is 11.8 Å². The Kier molecular flexibility index (Phi) is 6.31. The van der Waals surface area contributed by atoms with E-state index in [-0.39, 0.29) is 18.2 Å². The van der Waals surface area contributed by atoms with Crippen LogP contribution in [0.2, 0.25) is 0 Å². The normalized spacial score (nSPS) is 18.8. The topological polar surface area (TPSA) is 61.8 Å². The quantitative estimate of drug-likeness (QED) is 0.667. The van der Waals surface area contributed by atoms with Crippen LogP contribution in [0, 0.1) is 3.57 Å². The number of hydrogen-bond donors (Lipinski definition) is 1. The summed E-state index contributed by atoms with van der Waals surface area (Å²) in [6, 6.07) is 17.0. The number of halogens is 1. The zero-order chi connectivity index (χ0) is 18.5. The fraction of sp³-hybridized carbons (Fsp3) is 0.211. The zero-order valence-corrected chi connectivity index (χ0v) is 17.2. The Balaban J connectivity index is 1.78. The number of nitrogens with one attached hydrogen (secondary N) is 1. The largest absolute Gasteiger partial charge is 0.325 e. The summed E-state index contributed by atoms with van der Waals surface area (Å²) < 4.78 is 1.10. The lowest BCUT2D eigenvalue weighted by Gasteiger charge is -2.30. The van der Waals surface area contributed by atoms with Crippen LogP contribution >= 0.6 is 34.4 Å². The monoisotopic (exact) mass is 479 g/mol. The van der Waals surface area contributed by atoms with Gasteiger partial charge in [-0.2, -0.15) is 0 Å². The van der Waals surface area contributed by atoms with Crippen molar-refractivity contribution in [1.82, 2.24) is 4.90 Å². The molecule has 0 saturated carbocycles. The van der Waals surface area contributed by atoms with Crippen LogP contribution in [0.1, 0.15) is 13.3 Å². The molecule has 1 atom stereocenters. The SMILES string of the molecule is CCN1C(=O)CC(C(=O)Nc2ccc(I)cc2)SC1=Nc1ccccc1. The highest BCUT2D eigenvalue weighted by Crippen LogP contribution is 2.29. The van der Waals surface area contributed by atoms with Gasteiger partial charge < -0.3 is 5.32 Å². The number of para-hydroxylation sites is 1. The molecule has 0 radical (unpaired) electrons. The number of hydrogen-bond acceptors (Lipinski definition) is 4. The van der Waals surface area contributed by atoms with Gasteiger partial charge in [0, 0.05) is 22.2 Å². The number of amidine groups is 1. The van der Waals surface area contributed by atoms with Gasteiger partial charge in [-0.05, 0) is 65.9 Å². The summed E-state index contributed by atoms with van der Waals surface area (Å²) >= 11 is 3.55. The second kappa shape index (κ2) is 8.68. The molecule has 0 aliphatic carbocycles. The van der Waals surface area contributed by atoms with E-state index in [0.29, 0.717) is 11.7 Å². The zero-order valence-electron chi connectivity index (χ0n) is 14.2. The minimum Gasteiger partial charge on any atom is -0.325 e. The van der Waals surface area contributed by atoms with Gasteiger partial charge in [-0.25, -0.2) is 4.99 Å². The third-order valence-electron chi connectivity index (χ3n) is 3.84. The van der Waals surface area contributed by atoms with Crippen molar-refractivity contribution < 1.29 is 9.59 Å². The van der Waals surface area contributed by atoms with E-state index < -0.39 is 5.25 Å². The first-order valence-electron chi connectivity index (χ1n) is 8.24. The molecule has 1 N–H and O–H groups in total. The fourth-order valence-corrected chi connectivity index (χ4v) is 4.04. The molecule has 2 aromatic rings. The van der Waals surface area contributed by atoms with Crippen molar-refractivity contribution in [3.05, 3.63) is 58.2 Å². The van der Waals surface area contributed by atoms with Crippen LogP contribution in [-0.2, 0) is 9.59 Å². The molecule has 26 heavy (non-hydrogen) atoms. The number of carbonyl (C=O) groups is 2. The summed E-state index contributed by atoms with van der Waals surface area (Å²) in [5.41, 5.74) is 1.49. The lowest BCUT2D eigenvalue weighted by molar-refractivity contribution is -0.129. The van der Waals surface area contributed by atoms with E-state index in [1.807, 2.05) is 61.5 Å². The minimum absolute atomic E-state index is 0.0799. The molecule has 1 aliphatic heterocycles. The molecule has 1 unspecified atom stereocenters. The molecule has 0 spiro atoms. The molecule has 1 fully saturated rings. The maximum Gasteiger partial charge on any atom is 0.238 e. The van der Waals surface area contributed by atoms with Crippen molar-refractivity contribution in [2.75, 3.05) is 11.9 Å². The van der Waals surface area contributed by atoms with Gasteiger partial charge in [0.15, 0.2) is 5.17 Å². The van der Waals surface area contributed by atoms with Crippen LogP contribution < -0.4 is 5.32 Å². The Hall–Kier alpha value is -1.87. The van der Waals surface area contributed by atoms with Crippen molar-refractivity contribution in [3.63, 3.8) is 0 Å². The van der Waals surface area contributed by atoms with Crippen molar-refractivity contribution in [2.45, 2.75) is 18.6 Å². The minimum atomic E-state index is -0.493. The molecule has 134 valence electrons. The maximum atomic E-state index is 12.6. The number of carbonyl (C=O) groups excluding carboxylic acids is 2. The Morgan fingerprint density at radius 1 is 1.23 bits per heavy atom. The van der Waals surface area contributed by atoms with E-state index in [9.17, 15) is 9.59 Å². The van der Waals surface area contributed by atoms with Gasteiger partial charge in [0.05, 0.1) is 5.69 Å². The van der Waals surface area contributed by atoms with E-state index in [4.69, 9.17) is 0 Å². The highest BCUT2D eigenvalue weighted by atomic mass is 127. The number of amides is 2. The Labute approximate surface area is 170 Å². The summed E-state index contributed by atoms with van der Waals surface area (Å²) in [4.78, 5) is 31.3. The molecule has 0 bridgehead atoms. The predicted octanol–water partition coefficient (Wildman–Crippen LogP) is 4.27. The fourth-order valence-electron chi connectivity index (χ4n) is 2.52. The van der Waals surface area contributed by atoms with Crippen LogP contribution in [0.25, 0.3) is 0 Å². The smallest absolute Gasteiger partial charge is 0.238 e. The third-order valence-corrected chi connectivity index (χ3v) is 5.75. The van der Waals surface area contributed by atoms with Gasteiger partial charge in [-0.1, -0.05) is 30.0 Å². The van der Waals surface area contributed by atoms with Gasteiger partial charge in [0.2, 0.25) is 11.8 Å². The number of anilines is 1. The average molecular weight is 479 g/mol. The van der Waals surface area contributed by atoms with Crippen molar-refractivity contribution >= 4 is 62.7 Å². The predicted molar refractivity (Wildman–Crippen MR) is 115 cm³/mol. The van der Waals surface area contributed by atoms with E-state index >= 15 is 0 Å². The molecule has 7 heteroatoms. The second-order valence-corrected chi connectivity index (χ2v) is 8.09. The number of benzene rings is 2. The van der Waals surface area contributed by atoms with Crippen molar-refractivity contribution in [1.29, 1.82) is 0 Å². The van der Waals surface area contributed by atoms with Crippen molar-refractivity contribution in [2.24, 2.45) is 4.99 Å². The summed E-state index contributed by atoms with van der Waals surface area (Å²) in [7, 11) is 0. The Morgan fingerprint density at radius 2 is 1.92 bits per heavy atom. The van der Waals surface area contributed by atoms with Crippen LogP contribution in [0.15, 0.2) is 59.6 Å². The summed E-state index contributed by atoms with van der Waals surface area (Å²) in [6.07, 6.45) is 0.169. The number of thioether (sulfide) groups is 1. The molecule has 1 aliphatic rings. The van der Waals surface area contributed by atoms with E-state index in [2.05, 4.69) is 32.9 Å². The van der Waals surface area contributed by atoms with Gasteiger partial charge in [-0.15, -0.1) is 0 Å². The molecule has 3 rings (SSSR count). The molecule has 1 saturated heterocycles. The van der Waals surface area contributed by atoms with E-state index in [1.54, 1.807) is 4.90 Å². The molecule has 2 amide bonds. The molecule has 1 heterocycles. The summed E-state index contributed by atoms with van der Waals surface area (Å²) in [6.45, 7) is 2.44. The number of nitrogens with zero attached hydrogens (tertiary/aromatic N) is 2. The Bertz CT molecular complexity index is 824. The standard InChI is InChI=1S/C19H18IN3O2S/c1-2-23-17(24)12-16(18(25)21-15-10-8-13(20)9-11-15)26-19(23)22-14-6-4-3-5-7-14/h3-11,16H,2,12H2,1H3,(H,21,25).